The third kappa shape index (κ3) is 3.55. The molecule has 2 aromatic carbocycles. The van der Waals surface area contributed by atoms with Crippen molar-refractivity contribution >= 4 is 5.69 Å². The zero-order chi connectivity index (χ0) is 15.4. The summed E-state index contributed by atoms with van der Waals surface area (Å²) in [5.41, 5.74) is 1.24. The summed E-state index contributed by atoms with van der Waals surface area (Å²) < 4.78 is 18.9. The first kappa shape index (κ1) is 14.9. The number of hydrogen-bond acceptors (Lipinski definition) is 4. The Balaban J connectivity index is 2.40. The van der Waals surface area contributed by atoms with E-state index in [2.05, 4.69) is 5.32 Å². The van der Waals surface area contributed by atoms with Crippen LogP contribution >= 0.6 is 0 Å². The van der Waals surface area contributed by atoms with Crippen LogP contribution in [0.4, 0.5) is 10.1 Å². The lowest BCUT2D eigenvalue weighted by Gasteiger charge is -2.11. The molecule has 21 heavy (non-hydrogen) atoms. The van der Waals surface area contributed by atoms with Gasteiger partial charge in [0.2, 0.25) is 5.75 Å². The normalized spacial score (nSPS) is 10.4. The molecule has 5 nitrogen and oxygen atoms in total. The third-order valence-corrected chi connectivity index (χ3v) is 2.92. The number of aryl methyl sites for hydroxylation is 1. The van der Waals surface area contributed by atoms with Crippen LogP contribution < -0.4 is 10.1 Å². The molecule has 1 N–H and O–H groups in total. The van der Waals surface area contributed by atoms with Gasteiger partial charge in [-0.15, -0.1) is 0 Å². The summed E-state index contributed by atoms with van der Waals surface area (Å²) in [5, 5.41) is 14.0. The Kier molecular flexibility index (Phi) is 4.49. The summed E-state index contributed by atoms with van der Waals surface area (Å²) >= 11 is 0. The lowest BCUT2D eigenvalue weighted by atomic mass is 10.2. The van der Waals surface area contributed by atoms with Gasteiger partial charge in [-0.3, -0.25) is 10.1 Å². The first-order chi connectivity index (χ1) is 10.0. The summed E-state index contributed by atoms with van der Waals surface area (Å²) in [5.74, 6) is 0.137. The molecule has 0 aliphatic carbocycles. The number of nitrogens with zero attached hydrogens (tertiary/aromatic N) is 1. The van der Waals surface area contributed by atoms with Gasteiger partial charge in [0.25, 0.3) is 0 Å². The SMILES string of the molecule is CNCc1cc(F)ccc1Oc1ccc(C)cc1[N+](=O)[O-]. The van der Waals surface area contributed by atoms with Crippen LogP contribution in [-0.2, 0) is 6.54 Å². The van der Waals surface area contributed by atoms with Crippen LogP contribution in [-0.4, -0.2) is 12.0 Å². The molecule has 0 fully saturated rings. The predicted octanol–water partition coefficient (Wildman–Crippen LogP) is 3.55. The number of benzene rings is 2. The molecule has 0 saturated carbocycles. The van der Waals surface area contributed by atoms with E-state index in [1.54, 1.807) is 26.1 Å². The lowest BCUT2D eigenvalue weighted by molar-refractivity contribution is -0.385. The fourth-order valence-corrected chi connectivity index (χ4v) is 1.95. The van der Waals surface area contributed by atoms with E-state index in [9.17, 15) is 14.5 Å². The van der Waals surface area contributed by atoms with Gasteiger partial charge in [0.15, 0.2) is 0 Å². The number of nitrogens with one attached hydrogen (secondary N) is 1. The molecule has 0 unspecified atom stereocenters. The maximum absolute atomic E-state index is 13.3. The van der Waals surface area contributed by atoms with E-state index in [1.807, 2.05) is 0 Å². The van der Waals surface area contributed by atoms with E-state index in [1.165, 1.54) is 24.3 Å². The van der Waals surface area contributed by atoms with Crippen molar-refractivity contribution in [2.75, 3.05) is 7.05 Å². The largest absolute Gasteiger partial charge is 0.450 e. The summed E-state index contributed by atoms with van der Waals surface area (Å²) in [4.78, 5) is 10.6. The van der Waals surface area contributed by atoms with E-state index in [0.717, 1.165) is 5.56 Å². The van der Waals surface area contributed by atoms with Gasteiger partial charge in [0.05, 0.1) is 4.92 Å². The van der Waals surface area contributed by atoms with Gasteiger partial charge in [-0.25, -0.2) is 4.39 Å². The quantitative estimate of drug-likeness (QED) is 0.675. The summed E-state index contributed by atoms with van der Waals surface area (Å²) in [6, 6.07) is 8.77. The second kappa shape index (κ2) is 6.32. The summed E-state index contributed by atoms with van der Waals surface area (Å²) in [6.45, 7) is 2.16. The Morgan fingerprint density at radius 1 is 1.24 bits per heavy atom. The highest BCUT2D eigenvalue weighted by atomic mass is 19.1. The fourth-order valence-electron chi connectivity index (χ4n) is 1.95. The lowest BCUT2D eigenvalue weighted by Crippen LogP contribution is -2.07. The number of rotatable bonds is 5. The highest BCUT2D eigenvalue weighted by Gasteiger charge is 2.17. The Morgan fingerprint density at radius 3 is 2.62 bits per heavy atom. The van der Waals surface area contributed by atoms with Crippen molar-refractivity contribution in [1.82, 2.24) is 5.32 Å². The molecule has 2 aromatic rings. The van der Waals surface area contributed by atoms with Gasteiger partial charge in [0, 0.05) is 18.2 Å². The second-order valence-electron chi connectivity index (χ2n) is 4.61. The molecule has 110 valence electrons. The Bertz CT molecular complexity index is 674. The zero-order valence-corrected chi connectivity index (χ0v) is 11.7. The Hall–Kier alpha value is -2.47. The zero-order valence-electron chi connectivity index (χ0n) is 11.7. The summed E-state index contributed by atoms with van der Waals surface area (Å²) in [7, 11) is 1.73. The molecule has 0 radical (unpaired) electrons. The number of nitro benzene ring substituents is 1. The first-order valence-corrected chi connectivity index (χ1v) is 6.37. The van der Waals surface area contributed by atoms with Crippen molar-refractivity contribution in [2.24, 2.45) is 0 Å². The number of ether oxygens (including phenoxy) is 1. The van der Waals surface area contributed by atoms with Gasteiger partial charge in [-0.05, 0) is 43.8 Å². The van der Waals surface area contributed by atoms with Crippen LogP contribution in [0.2, 0.25) is 0 Å². The first-order valence-electron chi connectivity index (χ1n) is 6.37. The van der Waals surface area contributed by atoms with Crippen molar-refractivity contribution in [1.29, 1.82) is 0 Å². The van der Waals surface area contributed by atoms with E-state index in [-0.39, 0.29) is 17.3 Å². The van der Waals surface area contributed by atoms with Gasteiger partial charge in [-0.2, -0.15) is 0 Å². The van der Waals surface area contributed by atoms with Crippen molar-refractivity contribution in [3.8, 4) is 11.5 Å². The van der Waals surface area contributed by atoms with E-state index < -0.39 is 4.92 Å². The van der Waals surface area contributed by atoms with E-state index >= 15 is 0 Å². The van der Waals surface area contributed by atoms with Crippen LogP contribution in [0.1, 0.15) is 11.1 Å². The van der Waals surface area contributed by atoms with Crippen molar-refractivity contribution in [2.45, 2.75) is 13.5 Å². The average Bonchev–Trinajstić information content (AvgIpc) is 2.43. The summed E-state index contributed by atoms with van der Waals surface area (Å²) in [6.07, 6.45) is 0. The van der Waals surface area contributed by atoms with Crippen molar-refractivity contribution in [3.05, 3.63) is 63.5 Å². The van der Waals surface area contributed by atoms with Gasteiger partial charge in [-0.1, -0.05) is 6.07 Å². The van der Waals surface area contributed by atoms with Crippen molar-refractivity contribution < 1.29 is 14.1 Å². The highest BCUT2D eigenvalue weighted by Crippen LogP contribution is 2.33. The second-order valence-corrected chi connectivity index (χ2v) is 4.61. The van der Waals surface area contributed by atoms with Crippen LogP contribution in [0.25, 0.3) is 0 Å². The van der Waals surface area contributed by atoms with Crippen LogP contribution in [0, 0.1) is 22.9 Å². The monoisotopic (exact) mass is 290 g/mol. The molecule has 0 spiro atoms. The molecular weight excluding hydrogens is 275 g/mol. The molecule has 0 aromatic heterocycles. The van der Waals surface area contributed by atoms with Gasteiger partial charge >= 0.3 is 5.69 Å². The fraction of sp³-hybridized carbons (Fsp3) is 0.200. The van der Waals surface area contributed by atoms with Crippen LogP contribution in [0.5, 0.6) is 11.5 Å². The Labute approximate surface area is 121 Å². The third-order valence-electron chi connectivity index (χ3n) is 2.92. The molecule has 0 heterocycles. The predicted molar refractivity (Wildman–Crippen MR) is 77.1 cm³/mol. The highest BCUT2D eigenvalue weighted by molar-refractivity contribution is 5.51. The minimum absolute atomic E-state index is 0.116. The topological polar surface area (TPSA) is 64.4 Å². The van der Waals surface area contributed by atoms with Crippen molar-refractivity contribution in [3.63, 3.8) is 0 Å². The maximum Gasteiger partial charge on any atom is 0.311 e. The number of hydrogen-bond donors (Lipinski definition) is 1. The molecule has 0 atom stereocenters. The molecule has 0 aliphatic heterocycles. The van der Waals surface area contributed by atoms with Gasteiger partial charge < -0.3 is 10.1 Å². The average molecular weight is 290 g/mol. The molecule has 0 bridgehead atoms. The molecular formula is C15H15FN2O3. The maximum atomic E-state index is 13.3. The standard InChI is InChI=1S/C15H15FN2O3/c1-10-3-5-15(13(7-10)18(19)20)21-14-6-4-12(16)8-11(14)9-17-2/h3-8,17H,9H2,1-2H3. The van der Waals surface area contributed by atoms with Crippen LogP contribution in [0.15, 0.2) is 36.4 Å². The number of nitro groups is 1. The Morgan fingerprint density at radius 2 is 1.95 bits per heavy atom. The molecule has 0 amide bonds. The number of halogens is 1. The van der Waals surface area contributed by atoms with E-state index in [0.29, 0.717) is 17.9 Å². The van der Waals surface area contributed by atoms with Crippen LogP contribution in [0.3, 0.4) is 0 Å². The molecule has 2 rings (SSSR count). The molecule has 0 saturated heterocycles. The molecule has 6 heteroatoms. The van der Waals surface area contributed by atoms with E-state index in [4.69, 9.17) is 4.74 Å². The minimum Gasteiger partial charge on any atom is -0.450 e. The molecule has 0 aliphatic rings. The minimum atomic E-state index is -0.496. The smallest absolute Gasteiger partial charge is 0.311 e. The van der Waals surface area contributed by atoms with Gasteiger partial charge in [0.1, 0.15) is 11.6 Å².